The molecular weight excluding hydrogens is 884 g/mol. The minimum atomic E-state index is -5.10. The van der Waals surface area contributed by atoms with Crippen LogP contribution in [0.5, 0.6) is 5.75 Å². The van der Waals surface area contributed by atoms with Crippen molar-refractivity contribution in [2.75, 3.05) is 6.54 Å². The fraction of sp³-hybridized carbons (Fsp3) is 0.595. The number of ether oxygens (including phenoxy) is 1. The number of amides is 4. The van der Waals surface area contributed by atoms with Crippen molar-refractivity contribution >= 4 is 56.5 Å². The van der Waals surface area contributed by atoms with E-state index in [1.54, 1.807) is 37.5 Å². The minimum absolute atomic E-state index is 0.0551. The number of halogens is 3. The number of allylic oxidation sites excluding steroid dienone is 1. The quantitative estimate of drug-likeness (QED) is 0.179. The predicted octanol–water partition coefficient (Wildman–Crippen LogP) is 6.87. The number of rotatable bonds is 10. The summed E-state index contributed by atoms with van der Waals surface area (Å²) in [5, 5.41) is 13.8. The summed E-state index contributed by atoms with van der Waals surface area (Å²) >= 11 is 2.80. The molecule has 3 aromatic heterocycles. The van der Waals surface area contributed by atoms with E-state index >= 15 is 4.79 Å². The Bertz CT molecular complexity index is 2340. The summed E-state index contributed by atoms with van der Waals surface area (Å²) in [7, 11) is -4.04. The standard InChI is InChI=1S/C42H52F3N7O8S3/c1-7-25-14-22(2)10-8-9-11-26-18-41(26,38(55)50-63(58,59)29-12-13-29)49-34(53)32-17-28(21-51(32)37(54)33(25)52(39(56)57)40(5,6)42(43,44)45)60-27-15-30(35-46-19-23(3)61-35)48-31(16-27)36-47-20-24(4)62-36/h9,11,15-16,19-20,22,25-26,28-29,32-33H,7-8,10,12-14,17-18,21H2,1-6H3,(H,49,53)(H,50,55)(H,56,57)/t22-,25-,26-,28-,32+,33+,41-/m1/s1. The Morgan fingerprint density at radius 1 is 1.05 bits per heavy atom. The van der Waals surface area contributed by atoms with E-state index in [0.29, 0.717) is 60.9 Å². The van der Waals surface area contributed by atoms with Crippen molar-refractivity contribution in [3.63, 3.8) is 0 Å². The Morgan fingerprint density at radius 3 is 2.19 bits per heavy atom. The van der Waals surface area contributed by atoms with Gasteiger partial charge in [0, 0.05) is 46.6 Å². The summed E-state index contributed by atoms with van der Waals surface area (Å²) in [4.78, 5) is 74.0. The van der Waals surface area contributed by atoms with Gasteiger partial charge in [-0.2, -0.15) is 13.2 Å². The molecule has 3 fully saturated rings. The third kappa shape index (κ3) is 9.60. The number of fused-ring (bicyclic) bond motifs is 2. The molecule has 4 amide bonds. The lowest BCUT2D eigenvalue weighted by Gasteiger charge is -2.46. The molecule has 0 unspecified atom stereocenters. The molecule has 5 heterocycles. The van der Waals surface area contributed by atoms with Gasteiger partial charge in [0.25, 0.3) is 5.91 Å². The van der Waals surface area contributed by atoms with E-state index in [2.05, 4.69) is 20.0 Å². The lowest BCUT2D eigenvalue weighted by atomic mass is 9.82. The molecule has 2 aliphatic heterocycles. The molecule has 2 saturated carbocycles. The number of nitrogens with zero attached hydrogens (tertiary/aromatic N) is 5. The minimum Gasteiger partial charge on any atom is -0.488 e. The van der Waals surface area contributed by atoms with Crippen molar-refractivity contribution in [3.8, 4) is 27.2 Å². The molecule has 15 nitrogen and oxygen atoms in total. The maximum Gasteiger partial charge on any atom is 0.411 e. The molecule has 7 rings (SSSR count). The second kappa shape index (κ2) is 17.4. The van der Waals surface area contributed by atoms with Crippen LogP contribution in [0.15, 0.2) is 36.7 Å². The number of carbonyl (C=O) groups is 4. The van der Waals surface area contributed by atoms with Gasteiger partial charge >= 0.3 is 12.3 Å². The van der Waals surface area contributed by atoms with Gasteiger partial charge in [0.1, 0.15) is 56.4 Å². The third-order valence-electron chi connectivity index (χ3n) is 12.5. The van der Waals surface area contributed by atoms with Crippen LogP contribution < -0.4 is 14.8 Å². The molecule has 0 aromatic carbocycles. The number of hydrogen-bond donors (Lipinski definition) is 3. The van der Waals surface area contributed by atoms with Crippen LogP contribution in [0.25, 0.3) is 21.4 Å². The Labute approximate surface area is 372 Å². The maximum absolute atomic E-state index is 15.3. The largest absolute Gasteiger partial charge is 0.488 e. The number of aryl methyl sites for hydroxylation is 2. The smallest absolute Gasteiger partial charge is 0.411 e. The molecule has 7 atom stereocenters. The molecule has 0 bridgehead atoms. The number of aromatic nitrogens is 3. The van der Waals surface area contributed by atoms with Gasteiger partial charge in [-0.05, 0) is 78.1 Å². The van der Waals surface area contributed by atoms with E-state index in [1.165, 1.54) is 22.7 Å². The van der Waals surface area contributed by atoms with Gasteiger partial charge in [-0.1, -0.05) is 32.4 Å². The molecule has 4 aliphatic rings. The van der Waals surface area contributed by atoms with E-state index in [1.807, 2.05) is 26.8 Å². The number of alkyl halides is 3. The first kappa shape index (κ1) is 46.4. The lowest BCUT2D eigenvalue weighted by molar-refractivity contribution is -0.222. The Morgan fingerprint density at radius 2 is 1.67 bits per heavy atom. The van der Waals surface area contributed by atoms with Crippen molar-refractivity contribution in [2.45, 2.75) is 134 Å². The van der Waals surface area contributed by atoms with Gasteiger partial charge < -0.3 is 20.1 Å². The van der Waals surface area contributed by atoms with Gasteiger partial charge in [0.05, 0.1) is 11.8 Å². The van der Waals surface area contributed by atoms with Crippen molar-refractivity contribution in [3.05, 3.63) is 46.4 Å². The number of nitrogens with one attached hydrogen (secondary N) is 2. The highest BCUT2D eigenvalue weighted by molar-refractivity contribution is 7.91. The molecule has 342 valence electrons. The normalized spacial score (nSPS) is 27.1. The second-order valence-corrected chi connectivity index (χ2v) is 22.2. The highest BCUT2D eigenvalue weighted by atomic mass is 32.2. The molecular formula is C42H52F3N7O8S3. The topological polar surface area (TPSA) is 201 Å². The molecule has 21 heteroatoms. The van der Waals surface area contributed by atoms with Crippen LogP contribution >= 0.6 is 22.7 Å². The van der Waals surface area contributed by atoms with E-state index in [9.17, 15) is 41.1 Å². The third-order valence-corrected chi connectivity index (χ3v) is 16.2. The van der Waals surface area contributed by atoms with Crippen LogP contribution in [0.2, 0.25) is 0 Å². The van der Waals surface area contributed by atoms with E-state index in [0.717, 1.165) is 14.7 Å². The van der Waals surface area contributed by atoms with Gasteiger partial charge in [0.15, 0.2) is 0 Å². The first-order chi connectivity index (χ1) is 29.5. The first-order valence-electron chi connectivity index (χ1n) is 21.0. The van der Waals surface area contributed by atoms with Gasteiger partial charge in [-0.3, -0.25) is 24.0 Å². The zero-order valence-corrected chi connectivity index (χ0v) is 38.2. The summed E-state index contributed by atoms with van der Waals surface area (Å²) in [5.74, 6) is -4.26. The summed E-state index contributed by atoms with van der Waals surface area (Å²) in [6, 6.07) is -0.0721. The number of sulfonamides is 1. The zero-order valence-electron chi connectivity index (χ0n) is 35.8. The predicted molar refractivity (Wildman–Crippen MR) is 229 cm³/mol. The summed E-state index contributed by atoms with van der Waals surface area (Å²) in [6.07, 6.45) is 0.832. The van der Waals surface area contributed by atoms with Gasteiger partial charge in [0.2, 0.25) is 21.8 Å². The molecule has 0 spiro atoms. The van der Waals surface area contributed by atoms with Crippen LogP contribution in [-0.2, 0) is 24.4 Å². The highest BCUT2D eigenvalue weighted by Gasteiger charge is 2.63. The van der Waals surface area contributed by atoms with Crippen LogP contribution in [0, 0.1) is 31.6 Å². The summed E-state index contributed by atoms with van der Waals surface area (Å²) in [5.41, 5.74) is -3.83. The Hall–Kier alpha value is -4.63. The Kier molecular flexibility index (Phi) is 12.8. The summed E-state index contributed by atoms with van der Waals surface area (Å²) < 4.78 is 79.4. The average molecular weight is 936 g/mol. The molecule has 2 aliphatic carbocycles. The average Bonchev–Trinajstić information content (AvgIpc) is 4.02. The maximum atomic E-state index is 15.3. The zero-order chi connectivity index (χ0) is 45.8. The number of pyridine rings is 1. The van der Waals surface area contributed by atoms with E-state index < -0.39 is 86.4 Å². The van der Waals surface area contributed by atoms with Crippen LogP contribution in [0.1, 0.15) is 88.8 Å². The van der Waals surface area contributed by atoms with Gasteiger partial charge in [-0.15, -0.1) is 22.7 Å². The van der Waals surface area contributed by atoms with Crippen molar-refractivity contribution in [2.24, 2.45) is 17.8 Å². The first-order valence-corrected chi connectivity index (χ1v) is 24.2. The molecule has 1 saturated heterocycles. The number of carbonyl (C=O) groups excluding carboxylic acids is 3. The van der Waals surface area contributed by atoms with E-state index in [4.69, 9.17) is 9.72 Å². The van der Waals surface area contributed by atoms with Crippen molar-refractivity contribution in [1.29, 1.82) is 0 Å². The molecule has 3 N–H and O–H groups in total. The van der Waals surface area contributed by atoms with Crippen molar-refractivity contribution in [1.82, 2.24) is 34.8 Å². The number of carboxylic acid groups (broad SMARTS) is 1. The molecule has 3 aromatic rings. The number of thiazole rings is 2. The fourth-order valence-corrected chi connectivity index (χ4v) is 11.4. The lowest BCUT2D eigenvalue weighted by Crippen LogP contribution is -2.66. The van der Waals surface area contributed by atoms with Crippen molar-refractivity contribution < 1.29 is 50.6 Å². The SMILES string of the molecule is CC[C@@H]1C[C@H](C)CCC=C[C@@H]2C[C@@]2(C(=O)NS(=O)(=O)C2CC2)NC(=O)[C@@H]2C[C@@H](Oc3cc(-c4ncc(C)s4)nc(-c4ncc(C)s4)c3)CN2C(=O)[C@H]1N(C(=O)O)C(C)(C)C(F)(F)F. The fourth-order valence-electron chi connectivity index (χ4n) is 8.60. The van der Waals surface area contributed by atoms with Crippen LogP contribution in [0.3, 0.4) is 0 Å². The highest BCUT2D eigenvalue weighted by Crippen LogP contribution is 2.47. The number of hydrogen-bond acceptors (Lipinski definition) is 12. The van der Waals surface area contributed by atoms with E-state index in [-0.39, 0.29) is 48.8 Å². The molecule has 0 radical (unpaired) electrons. The van der Waals surface area contributed by atoms with Gasteiger partial charge in [-0.25, -0.2) is 28.2 Å². The monoisotopic (exact) mass is 935 g/mol. The second-order valence-electron chi connectivity index (χ2n) is 17.7. The van der Waals surface area contributed by atoms with Crippen LogP contribution in [0.4, 0.5) is 18.0 Å². The summed E-state index contributed by atoms with van der Waals surface area (Å²) in [6.45, 7) is 8.42. The Balaban J connectivity index is 1.31. The van der Waals surface area contributed by atoms with Crippen LogP contribution in [-0.4, -0.2) is 109 Å². The molecule has 63 heavy (non-hydrogen) atoms.